The van der Waals surface area contributed by atoms with E-state index in [9.17, 15) is 14.0 Å². The molecule has 0 saturated carbocycles. The lowest BCUT2D eigenvalue weighted by molar-refractivity contribution is -0.123. The molecule has 0 fully saturated rings. The van der Waals surface area contributed by atoms with Crippen LogP contribution in [-0.4, -0.2) is 38.2 Å². The standard InChI is InChI=1S/C17H14FN5O3/c1-11(16(24)20-15-8-3-2-7-14(15)18)26-17(25)12-5-4-6-13(9-12)23-10-19-21-22-23/h2-11H,1H3,(H,20,24)/t11-/m1/s1. The Morgan fingerprint density at radius 3 is 2.73 bits per heavy atom. The number of esters is 1. The van der Waals surface area contributed by atoms with Crippen molar-refractivity contribution in [1.82, 2.24) is 20.2 Å². The van der Waals surface area contributed by atoms with Gasteiger partial charge in [0.15, 0.2) is 6.10 Å². The predicted octanol–water partition coefficient (Wildman–Crippen LogP) is 1.99. The molecule has 1 amide bonds. The topological polar surface area (TPSA) is 99.0 Å². The summed E-state index contributed by atoms with van der Waals surface area (Å²) in [6.07, 6.45) is 0.272. The molecule has 1 heterocycles. The molecule has 1 aromatic heterocycles. The van der Waals surface area contributed by atoms with E-state index in [2.05, 4.69) is 20.8 Å². The summed E-state index contributed by atoms with van der Waals surface area (Å²) >= 11 is 0. The Bertz CT molecular complexity index is 930. The first kappa shape index (κ1) is 17.2. The van der Waals surface area contributed by atoms with Crippen molar-refractivity contribution in [2.75, 3.05) is 5.32 Å². The Morgan fingerprint density at radius 1 is 1.19 bits per heavy atom. The Labute approximate surface area is 147 Å². The summed E-state index contributed by atoms with van der Waals surface area (Å²) in [7, 11) is 0. The van der Waals surface area contributed by atoms with Crippen LogP contribution in [0.4, 0.5) is 10.1 Å². The van der Waals surface area contributed by atoms with E-state index < -0.39 is 23.8 Å². The largest absolute Gasteiger partial charge is 0.449 e. The van der Waals surface area contributed by atoms with E-state index in [1.54, 1.807) is 18.2 Å². The fourth-order valence-corrected chi connectivity index (χ4v) is 2.13. The molecule has 132 valence electrons. The predicted molar refractivity (Wildman–Crippen MR) is 89.1 cm³/mol. The number of anilines is 1. The second-order valence-electron chi connectivity index (χ2n) is 5.32. The first-order chi connectivity index (χ1) is 12.5. The molecule has 0 bridgehead atoms. The highest BCUT2D eigenvalue weighted by Gasteiger charge is 2.20. The molecular weight excluding hydrogens is 341 g/mol. The molecule has 3 aromatic rings. The summed E-state index contributed by atoms with van der Waals surface area (Å²) in [4.78, 5) is 24.4. The van der Waals surface area contributed by atoms with E-state index >= 15 is 0 Å². The number of ether oxygens (including phenoxy) is 1. The van der Waals surface area contributed by atoms with Crippen molar-refractivity contribution in [2.45, 2.75) is 13.0 Å². The summed E-state index contributed by atoms with van der Waals surface area (Å²) in [5.74, 6) is -1.91. The van der Waals surface area contributed by atoms with Crippen molar-refractivity contribution in [1.29, 1.82) is 0 Å². The number of hydrogen-bond acceptors (Lipinski definition) is 6. The normalized spacial score (nSPS) is 11.6. The molecule has 0 saturated heterocycles. The third-order valence-corrected chi connectivity index (χ3v) is 3.48. The van der Waals surface area contributed by atoms with E-state index in [0.29, 0.717) is 5.69 Å². The molecule has 26 heavy (non-hydrogen) atoms. The SMILES string of the molecule is C[C@@H](OC(=O)c1cccc(-n2cnnn2)c1)C(=O)Nc1ccccc1F. The van der Waals surface area contributed by atoms with Gasteiger partial charge < -0.3 is 10.1 Å². The van der Waals surface area contributed by atoms with E-state index in [4.69, 9.17) is 4.74 Å². The second kappa shape index (κ2) is 7.51. The minimum absolute atomic E-state index is 0.0149. The van der Waals surface area contributed by atoms with Crippen LogP contribution in [0.2, 0.25) is 0 Å². The summed E-state index contributed by atoms with van der Waals surface area (Å²) in [5, 5.41) is 13.2. The molecule has 1 atom stereocenters. The maximum atomic E-state index is 13.6. The lowest BCUT2D eigenvalue weighted by Gasteiger charge is -2.14. The maximum Gasteiger partial charge on any atom is 0.338 e. The number of benzene rings is 2. The number of hydrogen-bond donors (Lipinski definition) is 1. The van der Waals surface area contributed by atoms with Crippen molar-refractivity contribution >= 4 is 17.6 Å². The highest BCUT2D eigenvalue weighted by atomic mass is 19.1. The van der Waals surface area contributed by atoms with E-state index in [0.717, 1.165) is 0 Å². The number of aromatic nitrogens is 4. The molecule has 8 nitrogen and oxygen atoms in total. The Balaban J connectivity index is 1.67. The van der Waals surface area contributed by atoms with Crippen LogP contribution in [0.1, 0.15) is 17.3 Å². The number of tetrazole rings is 1. The number of nitrogens with one attached hydrogen (secondary N) is 1. The summed E-state index contributed by atoms with van der Waals surface area (Å²) in [5.41, 5.74) is 0.803. The van der Waals surface area contributed by atoms with E-state index in [1.165, 1.54) is 48.3 Å². The van der Waals surface area contributed by atoms with Gasteiger partial charge in [0.1, 0.15) is 12.1 Å². The zero-order chi connectivity index (χ0) is 18.5. The zero-order valence-electron chi connectivity index (χ0n) is 13.7. The minimum atomic E-state index is -1.11. The van der Waals surface area contributed by atoms with Crippen LogP contribution in [-0.2, 0) is 9.53 Å². The van der Waals surface area contributed by atoms with Gasteiger partial charge >= 0.3 is 5.97 Å². The Morgan fingerprint density at radius 2 is 2.00 bits per heavy atom. The number of nitrogens with zero attached hydrogens (tertiary/aromatic N) is 4. The average Bonchev–Trinajstić information content (AvgIpc) is 3.18. The number of para-hydroxylation sites is 1. The molecule has 0 unspecified atom stereocenters. The molecule has 3 rings (SSSR count). The first-order valence-electron chi connectivity index (χ1n) is 7.64. The van der Waals surface area contributed by atoms with Gasteiger partial charge in [-0.3, -0.25) is 4.79 Å². The van der Waals surface area contributed by atoms with Crippen LogP contribution >= 0.6 is 0 Å². The molecule has 0 aliphatic carbocycles. The Kier molecular flexibility index (Phi) is 4.97. The molecule has 9 heteroatoms. The third kappa shape index (κ3) is 3.89. The van der Waals surface area contributed by atoms with Gasteiger partial charge in [0.05, 0.1) is 16.9 Å². The van der Waals surface area contributed by atoms with Crippen molar-refractivity contribution < 1.29 is 18.7 Å². The number of rotatable bonds is 5. The molecule has 0 spiro atoms. The van der Waals surface area contributed by atoms with Gasteiger partial charge in [-0.25, -0.2) is 13.9 Å². The number of halogens is 1. The monoisotopic (exact) mass is 355 g/mol. The first-order valence-corrected chi connectivity index (χ1v) is 7.64. The highest BCUT2D eigenvalue weighted by molar-refractivity contribution is 5.97. The van der Waals surface area contributed by atoms with Crippen LogP contribution in [0.15, 0.2) is 54.9 Å². The molecule has 1 N–H and O–H groups in total. The zero-order valence-corrected chi connectivity index (χ0v) is 13.7. The van der Waals surface area contributed by atoms with E-state index in [1.807, 2.05) is 0 Å². The fraction of sp³-hybridized carbons (Fsp3) is 0.118. The van der Waals surface area contributed by atoms with Crippen LogP contribution in [0.5, 0.6) is 0 Å². The molecular formula is C17H14FN5O3. The highest BCUT2D eigenvalue weighted by Crippen LogP contribution is 2.14. The van der Waals surface area contributed by atoms with Crippen LogP contribution in [0.25, 0.3) is 5.69 Å². The van der Waals surface area contributed by atoms with Crippen LogP contribution < -0.4 is 5.32 Å². The quantitative estimate of drug-likeness (QED) is 0.703. The molecule has 0 aliphatic heterocycles. The molecule has 0 aliphatic rings. The third-order valence-electron chi connectivity index (χ3n) is 3.48. The molecule has 0 radical (unpaired) electrons. The number of carbonyl (C=O) groups excluding carboxylic acids is 2. The van der Waals surface area contributed by atoms with Gasteiger partial charge in [-0.2, -0.15) is 0 Å². The molecule has 2 aromatic carbocycles. The van der Waals surface area contributed by atoms with Gasteiger partial charge in [0.25, 0.3) is 5.91 Å². The summed E-state index contributed by atoms with van der Waals surface area (Å²) < 4.78 is 20.1. The van der Waals surface area contributed by atoms with Crippen molar-refractivity contribution in [3.8, 4) is 5.69 Å². The second-order valence-corrected chi connectivity index (χ2v) is 5.32. The van der Waals surface area contributed by atoms with Gasteiger partial charge in [-0.15, -0.1) is 5.10 Å². The van der Waals surface area contributed by atoms with Crippen molar-refractivity contribution in [3.63, 3.8) is 0 Å². The summed E-state index contributed by atoms with van der Waals surface area (Å²) in [6, 6.07) is 12.1. The van der Waals surface area contributed by atoms with Gasteiger partial charge in [-0.1, -0.05) is 18.2 Å². The number of carbonyl (C=O) groups is 2. The smallest absolute Gasteiger partial charge is 0.338 e. The minimum Gasteiger partial charge on any atom is -0.449 e. The van der Waals surface area contributed by atoms with Crippen molar-refractivity contribution in [3.05, 3.63) is 66.2 Å². The fourth-order valence-electron chi connectivity index (χ4n) is 2.13. The van der Waals surface area contributed by atoms with Gasteiger partial charge in [0.2, 0.25) is 0 Å². The lowest BCUT2D eigenvalue weighted by Crippen LogP contribution is -2.30. The van der Waals surface area contributed by atoms with E-state index in [-0.39, 0.29) is 11.3 Å². The van der Waals surface area contributed by atoms with Crippen LogP contribution in [0, 0.1) is 5.82 Å². The Hall–Kier alpha value is -3.62. The maximum absolute atomic E-state index is 13.6. The summed E-state index contributed by atoms with van der Waals surface area (Å²) in [6.45, 7) is 1.40. The van der Waals surface area contributed by atoms with Gasteiger partial charge in [-0.05, 0) is 47.7 Å². The van der Waals surface area contributed by atoms with Crippen LogP contribution in [0.3, 0.4) is 0 Å². The number of amides is 1. The van der Waals surface area contributed by atoms with Gasteiger partial charge in [0, 0.05) is 0 Å². The lowest BCUT2D eigenvalue weighted by atomic mass is 10.2. The van der Waals surface area contributed by atoms with Crippen molar-refractivity contribution in [2.24, 2.45) is 0 Å². The average molecular weight is 355 g/mol.